The molecule has 7 heteroatoms. The lowest BCUT2D eigenvalue weighted by atomic mass is 10.1. The van der Waals surface area contributed by atoms with E-state index in [4.69, 9.17) is 4.42 Å². The average Bonchev–Trinajstić information content (AvgIpc) is 3.10. The van der Waals surface area contributed by atoms with Crippen LogP contribution in [-0.4, -0.2) is 32.6 Å². The summed E-state index contributed by atoms with van der Waals surface area (Å²) in [5.74, 6) is 2.19. The van der Waals surface area contributed by atoms with E-state index in [0.29, 0.717) is 41.9 Å². The van der Waals surface area contributed by atoms with Crippen molar-refractivity contribution in [1.82, 2.24) is 25.5 Å². The molecule has 0 radical (unpaired) electrons. The molecule has 0 saturated heterocycles. The van der Waals surface area contributed by atoms with Gasteiger partial charge in [-0.2, -0.15) is 5.10 Å². The van der Waals surface area contributed by atoms with Crippen LogP contribution in [0.15, 0.2) is 34.9 Å². The van der Waals surface area contributed by atoms with Crippen LogP contribution in [0.2, 0.25) is 0 Å². The molecule has 1 amide bonds. The number of pyridine rings is 1. The molecule has 7 nitrogen and oxygen atoms in total. The summed E-state index contributed by atoms with van der Waals surface area (Å²) in [7, 11) is 0. The SMILES string of the molecule is Cc1ccc(C(=O)NCCc2nc(-c3ccco3)n[nH]2)c(C2CC2)n1. The molecule has 1 saturated carbocycles. The number of aryl methyl sites for hydroxylation is 1. The quantitative estimate of drug-likeness (QED) is 0.721. The molecule has 3 aromatic rings. The number of hydrogen-bond acceptors (Lipinski definition) is 5. The Balaban J connectivity index is 1.37. The van der Waals surface area contributed by atoms with Gasteiger partial charge in [0.25, 0.3) is 5.91 Å². The second kappa shape index (κ2) is 6.51. The summed E-state index contributed by atoms with van der Waals surface area (Å²) in [5.41, 5.74) is 2.56. The number of aromatic nitrogens is 4. The number of carbonyl (C=O) groups is 1. The van der Waals surface area contributed by atoms with E-state index >= 15 is 0 Å². The Hall–Kier alpha value is -2.96. The molecule has 4 rings (SSSR count). The van der Waals surface area contributed by atoms with E-state index in [9.17, 15) is 4.79 Å². The third-order valence-corrected chi connectivity index (χ3v) is 4.19. The summed E-state index contributed by atoms with van der Waals surface area (Å²) in [6, 6.07) is 7.35. The van der Waals surface area contributed by atoms with Crippen molar-refractivity contribution in [1.29, 1.82) is 0 Å². The zero-order chi connectivity index (χ0) is 17.2. The molecule has 3 aromatic heterocycles. The minimum absolute atomic E-state index is 0.0832. The highest BCUT2D eigenvalue weighted by molar-refractivity contribution is 5.95. The molecular formula is C18H19N5O2. The van der Waals surface area contributed by atoms with E-state index in [2.05, 4.69) is 25.5 Å². The minimum atomic E-state index is -0.0832. The van der Waals surface area contributed by atoms with Gasteiger partial charge in [-0.05, 0) is 44.0 Å². The number of aromatic amines is 1. The van der Waals surface area contributed by atoms with Gasteiger partial charge in [-0.1, -0.05) is 0 Å². The number of furan rings is 1. The number of carbonyl (C=O) groups excluding carboxylic acids is 1. The molecule has 3 heterocycles. The number of amides is 1. The average molecular weight is 337 g/mol. The van der Waals surface area contributed by atoms with Crippen LogP contribution in [0.3, 0.4) is 0 Å². The highest BCUT2D eigenvalue weighted by Crippen LogP contribution is 2.40. The van der Waals surface area contributed by atoms with Gasteiger partial charge in [0.2, 0.25) is 5.82 Å². The molecule has 0 aromatic carbocycles. The van der Waals surface area contributed by atoms with Gasteiger partial charge < -0.3 is 9.73 Å². The summed E-state index contributed by atoms with van der Waals surface area (Å²) < 4.78 is 5.26. The summed E-state index contributed by atoms with van der Waals surface area (Å²) in [6.07, 6.45) is 4.38. The lowest BCUT2D eigenvalue weighted by molar-refractivity contribution is 0.0952. The van der Waals surface area contributed by atoms with Crippen molar-refractivity contribution in [2.45, 2.75) is 32.1 Å². The summed E-state index contributed by atoms with van der Waals surface area (Å²) in [5, 5.41) is 9.93. The zero-order valence-electron chi connectivity index (χ0n) is 14.0. The van der Waals surface area contributed by atoms with Crippen molar-refractivity contribution in [3.05, 3.63) is 53.3 Å². The van der Waals surface area contributed by atoms with Crippen molar-refractivity contribution in [3.63, 3.8) is 0 Å². The van der Waals surface area contributed by atoms with Crippen molar-refractivity contribution < 1.29 is 9.21 Å². The van der Waals surface area contributed by atoms with Gasteiger partial charge >= 0.3 is 0 Å². The highest BCUT2D eigenvalue weighted by Gasteiger charge is 2.29. The third kappa shape index (κ3) is 3.45. The van der Waals surface area contributed by atoms with Gasteiger partial charge in [-0.3, -0.25) is 14.9 Å². The first kappa shape index (κ1) is 15.6. The number of nitrogens with zero attached hydrogens (tertiary/aromatic N) is 3. The fourth-order valence-electron chi connectivity index (χ4n) is 2.75. The minimum Gasteiger partial charge on any atom is -0.461 e. The zero-order valence-corrected chi connectivity index (χ0v) is 14.0. The van der Waals surface area contributed by atoms with E-state index in [0.717, 1.165) is 24.2 Å². The van der Waals surface area contributed by atoms with E-state index in [1.54, 1.807) is 18.4 Å². The van der Waals surface area contributed by atoms with Gasteiger partial charge in [-0.25, -0.2) is 4.98 Å². The van der Waals surface area contributed by atoms with Gasteiger partial charge in [0.05, 0.1) is 17.5 Å². The van der Waals surface area contributed by atoms with Crippen molar-refractivity contribution >= 4 is 5.91 Å². The Morgan fingerprint density at radius 3 is 2.96 bits per heavy atom. The van der Waals surface area contributed by atoms with E-state index < -0.39 is 0 Å². The number of nitrogens with one attached hydrogen (secondary N) is 2. The standard InChI is InChI=1S/C18H19N5O2/c1-11-4-7-13(16(20-11)12-5-6-12)18(24)19-9-8-15-21-17(23-22-15)14-3-2-10-25-14/h2-4,7,10,12H,5-6,8-9H2,1H3,(H,19,24)(H,21,22,23). The largest absolute Gasteiger partial charge is 0.461 e. The van der Waals surface area contributed by atoms with Crippen molar-refractivity contribution in [2.75, 3.05) is 6.54 Å². The Bertz CT molecular complexity index is 881. The maximum absolute atomic E-state index is 12.5. The second-order valence-electron chi connectivity index (χ2n) is 6.25. The van der Waals surface area contributed by atoms with Crippen LogP contribution in [0.4, 0.5) is 0 Å². The molecular weight excluding hydrogens is 318 g/mol. The number of rotatable bonds is 6. The molecule has 0 atom stereocenters. The van der Waals surface area contributed by atoms with Crippen LogP contribution >= 0.6 is 0 Å². The fourth-order valence-corrected chi connectivity index (χ4v) is 2.75. The van der Waals surface area contributed by atoms with Crippen LogP contribution in [-0.2, 0) is 6.42 Å². The van der Waals surface area contributed by atoms with Crippen LogP contribution < -0.4 is 5.32 Å². The molecule has 1 fully saturated rings. The Morgan fingerprint density at radius 1 is 1.32 bits per heavy atom. The Kier molecular flexibility index (Phi) is 4.05. The van der Waals surface area contributed by atoms with E-state index in [1.165, 1.54) is 0 Å². The van der Waals surface area contributed by atoms with Crippen LogP contribution in [0.5, 0.6) is 0 Å². The Labute approximate surface area is 144 Å². The maximum Gasteiger partial charge on any atom is 0.253 e. The van der Waals surface area contributed by atoms with Crippen LogP contribution in [0.25, 0.3) is 11.6 Å². The van der Waals surface area contributed by atoms with Gasteiger partial charge in [0.15, 0.2) is 5.76 Å². The molecule has 0 spiro atoms. The molecule has 0 bridgehead atoms. The first-order chi connectivity index (χ1) is 12.2. The lowest BCUT2D eigenvalue weighted by Gasteiger charge is -2.09. The molecule has 128 valence electrons. The molecule has 1 aliphatic rings. The van der Waals surface area contributed by atoms with E-state index in [1.807, 2.05) is 19.1 Å². The van der Waals surface area contributed by atoms with Crippen molar-refractivity contribution in [3.8, 4) is 11.6 Å². The normalized spacial score (nSPS) is 13.8. The first-order valence-electron chi connectivity index (χ1n) is 8.41. The summed E-state index contributed by atoms with van der Waals surface area (Å²) in [6.45, 7) is 2.43. The predicted octanol–water partition coefficient (Wildman–Crippen LogP) is 2.62. The topological polar surface area (TPSA) is 96.7 Å². The second-order valence-corrected chi connectivity index (χ2v) is 6.25. The summed E-state index contributed by atoms with van der Waals surface area (Å²) >= 11 is 0. The van der Waals surface area contributed by atoms with E-state index in [-0.39, 0.29) is 5.91 Å². The van der Waals surface area contributed by atoms with Gasteiger partial charge in [0.1, 0.15) is 5.82 Å². The third-order valence-electron chi connectivity index (χ3n) is 4.19. The lowest BCUT2D eigenvalue weighted by Crippen LogP contribution is -2.27. The van der Waals surface area contributed by atoms with Gasteiger partial charge in [-0.15, -0.1) is 0 Å². The van der Waals surface area contributed by atoms with Gasteiger partial charge in [0, 0.05) is 24.6 Å². The fraction of sp³-hybridized carbons (Fsp3) is 0.333. The smallest absolute Gasteiger partial charge is 0.253 e. The molecule has 1 aliphatic carbocycles. The molecule has 2 N–H and O–H groups in total. The van der Waals surface area contributed by atoms with Crippen LogP contribution in [0.1, 0.15) is 46.3 Å². The highest BCUT2D eigenvalue weighted by atomic mass is 16.3. The molecule has 0 unspecified atom stereocenters. The monoisotopic (exact) mass is 337 g/mol. The first-order valence-corrected chi connectivity index (χ1v) is 8.41. The maximum atomic E-state index is 12.5. The van der Waals surface area contributed by atoms with Crippen molar-refractivity contribution in [2.24, 2.45) is 0 Å². The Morgan fingerprint density at radius 2 is 2.20 bits per heavy atom. The van der Waals surface area contributed by atoms with Crippen LogP contribution in [0, 0.1) is 6.92 Å². The summed E-state index contributed by atoms with van der Waals surface area (Å²) in [4.78, 5) is 21.4. The number of hydrogen-bond donors (Lipinski definition) is 2. The molecule has 0 aliphatic heterocycles. The predicted molar refractivity (Wildman–Crippen MR) is 91.1 cm³/mol. The molecule has 25 heavy (non-hydrogen) atoms. The number of H-pyrrole nitrogens is 1.